The largest absolute Gasteiger partial charge is 0.313 e. The van der Waals surface area contributed by atoms with E-state index in [2.05, 4.69) is 18.9 Å². The van der Waals surface area contributed by atoms with Crippen molar-refractivity contribution in [3.8, 4) is 0 Å². The van der Waals surface area contributed by atoms with Crippen LogP contribution in [0.1, 0.15) is 45.0 Å². The van der Waals surface area contributed by atoms with Gasteiger partial charge in [-0.1, -0.05) is 27.2 Å². The molecule has 6 heteroatoms. The van der Waals surface area contributed by atoms with Gasteiger partial charge >= 0.3 is 5.69 Å². The molecule has 19 heavy (non-hydrogen) atoms. The lowest BCUT2D eigenvalue weighted by Gasteiger charge is -2.11. The SMILES string of the molecule is CCCc1nn(C)c(CC(Cl)CC(C)C)c1[N+](=O)[O-]. The van der Waals surface area contributed by atoms with Crippen molar-refractivity contribution in [3.63, 3.8) is 0 Å². The first-order valence-electron chi connectivity index (χ1n) is 6.70. The minimum atomic E-state index is -0.327. The number of hydrogen-bond donors (Lipinski definition) is 0. The molecule has 0 radical (unpaired) electrons. The summed E-state index contributed by atoms with van der Waals surface area (Å²) in [5.74, 6) is 0.477. The molecule has 0 spiro atoms. The summed E-state index contributed by atoms with van der Waals surface area (Å²) in [6.45, 7) is 6.17. The number of hydrogen-bond acceptors (Lipinski definition) is 3. The predicted molar refractivity (Wildman–Crippen MR) is 76.7 cm³/mol. The molecule has 0 saturated heterocycles. The highest BCUT2D eigenvalue weighted by Crippen LogP contribution is 2.27. The van der Waals surface area contributed by atoms with Crippen LogP contribution < -0.4 is 0 Å². The molecule has 0 saturated carbocycles. The Kier molecular flexibility index (Phi) is 5.79. The Bertz CT molecular complexity index is 443. The molecule has 1 aromatic heterocycles. The topological polar surface area (TPSA) is 61.0 Å². The van der Waals surface area contributed by atoms with Gasteiger partial charge in [0.15, 0.2) is 0 Å². The zero-order chi connectivity index (χ0) is 14.6. The van der Waals surface area contributed by atoms with Gasteiger partial charge in [-0.15, -0.1) is 11.6 Å². The quantitative estimate of drug-likeness (QED) is 0.438. The van der Waals surface area contributed by atoms with Gasteiger partial charge in [-0.25, -0.2) is 0 Å². The van der Waals surface area contributed by atoms with Gasteiger partial charge in [0, 0.05) is 18.8 Å². The second-order valence-corrected chi connectivity index (χ2v) is 5.92. The molecule has 0 N–H and O–H groups in total. The van der Waals surface area contributed by atoms with Crippen LogP contribution in [0.5, 0.6) is 0 Å². The molecule has 108 valence electrons. The molecular weight excluding hydrogens is 266 g/mol. The highest BCUT2D eigenvalue weighted by Gasteiger charge is 2.27. The van der Waals surface area contributed by atoms with E-state index in [9.17, 15) is 10.1 Å². The van der Waals surface area contributed by atoms with Gasteiger partial charge in [0.2, 0.25) is 0 Å². The molecule has 0 amide bonds. The maximum Gasteiger partial charge on any atom is 0.313 e. The van der Waals surface area contributed by atoms with Crippen molar-refractivity contribution in [3.05, 3.63) is 21.5 Å². The Morgan fingerprint density at radius 3 is 2.58 bits per heavy atom. The van der Waals surface area contributed by atoms with Crippen LogP contribution in [0.4, 0.5) is 5.69 Å². The van der Waals surface area contributed by atoms with Crippen molar-refractivity contribution in [2.75, 3.05) is 0 Å². The van der Waals surface area contributed by atoms with Gasteiger partial charge in [0.1, 0.15) is 11.4 Å². The Balaban J connectivity index is 3.01. The fraction of sp³-hybridized carbons (Fsp3) is 0.769. The molecule has 0 bridgehead atoms. The molecule has 1 atom stereocenters. The first kappa shape index (κ1) is 16.0. The summed E-state index contributed by atoms with van der Waals surface area (Å²) in [5.41, 5.74) is 1.35. The normalized spacial score (nSPS) is 12.9. The molecule has 0 aliphatic carbocycles. The zero-order valence-electron chi connectivity index (χ0n) is 12.0. The van der Waals surface area contributed by atoms with Crippen molar-refractivity contribution in [2.45, 2.75) is 51.8 Å². The number of rotatable bonds is 7. The van der Waals surface area contributed by atoms with E-state index in [1.165, 1.54) is 0 Å². The Labute approximate surface area is 119 Å². The smallest absolute Gasteiger partial charge is 0.265 e. The van der Waals surface area contributed by atoms with Crippen LogP contribution in [0.15, 0.2) is 0 Å². The standard InChI is InChI=1S/C13H22ClN3O2/c1-5-6-11-13(17(18)19)12(16(4)15-11)8-10(14)7-9(2)3/h9-10H,5-8H2,1-4H3. The summed E-state index contributed by atoms with van der Waals surface area (Å²) in [7, 11) is 1.75. The zero-order valence-corrected chi connectivity index (χ0v) is 12.8. The average molecular weight is 288 g/mol. The van der Waals surface area contributed by atoms with E-state index >= 15 is 0 Å². The molecule has 0 aliphatic rings. The molecular formula is C13H22ClN3O2. The van der Waals surface area contributed by atoms with E-state index in [0.717, 1.165) is 12.8 Å². The maximum absolute atomic E-state index is 11.2. The molecule has 0 fully saturated rings. The lowest BCUT2D eigenvalue weighted by Crippen LogP contribution is -2.11. The number of halogens is 1. The fourth-order valence-corrected chi connectivity index (χ4v) is 2.76. The highest BCUT2D eigenvalue weighted by molar-refractivity contribution is 6.20. The van der Waals surface area contributed by atoms with Gasteiger partial charge in [-0.3, -0.25) is 14.8 Å². The molecule has 1 rings (SSSR count). The van der Waals surface area contributed by atoms with E-state index in [-0.39, 0.29) is 16.0 Å². The average Bonchev–Trinajstić information content (AvgIpc) is 2.54. The van der Waals surface area contributed by atoms with Gasteiger partial charge in [0.25, 0.3) is 0 Å². The summed E-state index contributed by atoms with van der Waals surface area (Å²) in [6, 6.07) is 0. The predicted octanol–water partition coefficient (Wildman–Crippen LogP) is 3.48. The molecule has 1 unspecified atom stereocenters. The minimum Gasteiger partial charge on any atom is -0.265 e. The van der Waals surface area contributed by atoms with Gasteiger partial charge in [-0.05, 0) is 18.8 Å². The lowest BCUT2D eigenvalue weighted by molar-refractivity contribution is -0.386. The second-order valence-electron chi connectivity index (χ2n) is 5.30. The maximum atomic E-state index is 11.2. The van der Waals surface area contributed by atoms with Crippen LogP contribution in [0.2, 0.25) is 0 Å². The third kappa shape index (κ3) is 4.20. The van der Waals surface area contributed by atoms with Crippen molar-refractivity contribution in [1.29, 1.82) is 0 Å². The number of aromatic nitrogens is 2. The molecule has 1 aromatic rings. The van der Waals surface area contributed by atoms with E-state index in [1.54, 1.807) is 11.7 Å². The number of aryl methyl sites for hydroxylation is 2. The van der Waals surface area contributed by atoms with Crippen LogP contribution >= 0.6 is 11.6 Å². The second kappa shape index (κ2) is 6.89. The molecule has 0 aromatic carbocycles. The van der Waals surface area contributed by atoms with E-state index < -0.39 is 0 Å². The van der Waals surface area contributed by atoms with E-state index in [1.807, 2.05) is 6.92 Å². The number of nitro groups is 1. The summed E-state index contributed by atoms with van der Waals surface area (Å²) in [4.78, 5) is 10.9. The van der Waals surface area contributed by atoms with Gasteiger partial charge < -0.3 is 0 Å². The van der Waals surface area contributed by atoms with Crippen molar-refractivity contribution < 1.29 is 4.92 Å². The Morgan fingerprint density at radius 1 is 1.47 bits per heavy atom. The number of alkyl halides is 1. The van der Waals surface area contributed by atoms with E-state index in [0.29, 0.717) is 30.1 Å². The van der Waals surface area contributed by atoms with Crippen LogP contribution in [0.25, 0.3) is 0 Å². The van der Waals surface area contributed by atoms with Crippen LogP contribution in [0.3, 0.4) is 0 Å². The third-order valence-corrected chi connectivity index (χ3v) is 3.35. The Hall–Kier alpha value is -1.10. The van der Waals surface area contributed by atoms with Crippen LogP contribution in [-0.4, -0.2) is 20.1 Å². The van der Waals surface area contributed by atoms with Crippen LogP contribution in [-0.2, 0) is 19.9 Å². The lowest BCUT2D eigenvalue weighted by atomic mass is 10.0. The van der Waals surface area contributed by atoms with Gasteiger partial charge in [0.05, 0.1) is 4.92 Å². The van der Waals surface area contributed by atoms with Crippen molar-refractivity contribution in [1.82, 2.24) is 9.78 Å². The van der Waals surface area contributed by atoms with Gasteiger partial charge in [-0.2, -0.15) is 5.10 Å². The third-order valence-electron chi connectivity index (χ3n) is 3.02. The molecule has 5 nitrogen and oxygen atoms in total. The van der Waals surface area contributed by atoms with E-state index in [4.69, 9.17) is 11.6 Å². The first-order chi connectivity index (χ1) is 8.86. The summed E-state index contributed by atoms with van der Waals surface area (Å²) >= 11 is 6.28. The summed E-state index contributed by atoms with van der Waals surface area (Å²) in [5, 5.41) is 15.4. The minimum absolute atomic E-state index is 0.0939. The molecule has 1 heterocycles. The fourth-order valence-electron chi connectivity index (χ4n) is 2.26. The monoisotopic (exact) mass is 287 g/mol. The highest BCUT2D eigenvalue weighted by atomic mass is 35.5. The number of nitrogens with zero attached hydrogens (tertiary/aromatic N) is 3. The van der Waals surface area contributed by atoms with Crippen molar-refractivity contribution >= 4 is 17.3 Å². The van der Waals surface area contributed by atoms with Crippen LogP contribution in [0, 0.1) is 16.0 Å². The first-order valence-corrected chi connectivity index (χ1v) is 7.13. The van der Waals surface area contributed by atoms with Crippen molar-refractivity contribution in [2.24, 2.45) is 13.0 Å². The molecule has 0 aliphatic heterocycles. The summed E-state index contributed by atoms with van der Waals surface area (Å²) < 4.78 is 1.61. The summed E-state index contributed by atoms with van der Waals surface area (Å²) in [6.07, 6.45) is 2.80. The Morgan fingerprint density at radius 2 is 2.11 bits per heavy atom.